The van der Waals surface area contributed by atoms with Crippen molar-refractivity contribution in [3.8, 4) is 0 Å². The standard InChI is InChI=1S/C22H25FN2O3S/c1-14(20-13-15-6-7-16(20)12-15)24-22(26)19-4-2-3-5-21(19)25-29(27,28)18-10-8-17(23)9-11-18/h2-5,8-11,14-16,20,25H,6-7,12-13H2,1H3,(H,24,26)/t14-,15-,16-,20+/m1/s1. The Morgan fingerprint density at radius 3 is 2.45 bits per heavy atom. The Hall–Kier alpha value is -2.41. The van der Waals surface area contributed by atoms with Crippen molar-refractivity contribution in [1.29, 1.82) is 0 Å². The Labute approximate surface area is 170 Å². The summed E-state index contributed by atoms with van der Waals surface area (Å²) in [5.74, 6) is 1.15. The van der Waals surface area contributed by atoms with Crippen LogP contribution >= 0.6 is 0 Å². The molecule has 0 saturated heterocycles. The van der Waals surface area contributed by atoms with E-state index in [0.717, 1.165) is 24.5 Å². The first kappa shape index (κ1) is 19.9. The summed E-state index contributed by atoms with van der Waals surface area (Å²) in [5, 5.41) is 3.07. The first-order valence-electron chi connectivity index (χ1n) is 10.0. The van der Waals surface area contributed by atoms with Gasteiger partial charge in [-0.1, -0.05) is 18.6 Å². The van der Waals surface area contributed by atoms with Crippen LogP contribution in [0, 0.1) is 23.6 Å². The van der Waals surface area contributed by atoms with E-state index in [2.05, 4.69) is 10.0 Å². The van der Waals surface area contributed by atoms with Crippen LogP contribution in [-0.2, 0) is 10.0 Å². The highest BCUT2D eigenvalue weighted by molar-refractivity contribution is 7.92. The average molecular weight is 417 g/mol. The summed E-state index contributed by atoms with van der Waals surface area (Å²) in [6.45, 7) is 2.04. The van der Waals surface area contributed by atoms with E-state index in [4.69, 9.17) is 0 Å². The summed E-state index contributed by atoms with van der Waals surface area (Å²) in [7, 11) is -3.93. The van der Waals surface area contributed by atoms with E-state index >= 15 is 0 Å². The molecule has 4 atom stereocenters. The molecule has 2 saturated carbocycles. The Kier molecular flexibility index (Phi) is 5.34. The van der Waals surface area contributed by atoms with Crippen LogP contribution in [0.25, 0.3) is 0 Å². The number of halogens is 1. The van der Waals surface area contributed by atoms with E-state index in [1.165, 1.54) is 31.4 Å². The van der Waals surface area contributed by atoms with E-state index in [9.17, 15) is 17.6 Å². The largest absolute Gasteiger partial charge is 0.349 e. The van der Waals surface area contributed by atoms with Crippen molar-refractivity contribution in [2.24, 2.45) is 17.8 Å². The van der Waals surface area contributed by atoms with Gasteiger partial charge >= 0.3 is 0 Å². The van der Waals surface area contributed by atoms with Gasteiger partial charge in [-0.15, -0.1) is 0 Å². The Morgan fingerprint density at radius 2 is 1.79 bits per heavy atom. The lowest BCUT2D eigenvalue weighted by molar-refractivity contribution is 0.0916. The zero-order valence-electron chi connectivity index (χ0n) is 16.3. The number of hydrogen-bond donors (Lipinski definition) is 2. The third-order valence-corrected chi connectivity index (χ3v) is 7.72. The van der Waals surface area contributed by atoms with Gasteiger partial charge in [-0.25, -0.2) is 12.8 Å². The molecule has 0 radical (unpaired) electrons. The molecule has 0 heterocycles. The van der Waals surface area contributed by atoms with Crippen LogP contribution in [-0.4, -0.2) is 20.4 Å². The molecule has 2 aromatic rings. The van der Waals surface area contributed by atoms with Crippen molar-refractivity contribution in [2.45, 2.75) is 43.5 Å². The Bertz CT molecular complexity index is 1010. The minimum Gasteiger partial charge on any atom is -0.349 e. The van der Waals surface area contributed by atoms with Crippen LogP contribution in [0.2, 0.25) is 0 Å². The van der Waals surface area contributed by atoms with Gasteiger partial charge in [0.1, 0.15) is 5.82 Å². The predicted octanol–water partition coefficient (Wildman–Crippen LogP) is 4.18. The molecule has 2 bridgehead atoms. The minimum atomic E-state index is -3.93. The van der Waals surface area contributed by atoms with E-state index in [1.54, 1.807) is 24.3 Å². The molecule has 5 nitrogen and oxygen atoms in total. The topological polar surface area (TPSA) is 75.3 Å². The van der Waals surface area contributed by atoms with Gasteiger partial charge < -0.3 is 5.32 Å². The maximum absolute atomic E-state index is 13.1. The fourth-order valence-electron chi connectivity index (χ4n) is 4.89. The maximum atomic E-state index is 13.1. The second-order valence-electron chi connectivity index (χ2n) is 8.21. The molecular formula is C22H25FN2O3S. The Morgan fingerprint density at radius 1 is 1.07 bits per heavy atom. The molecule has 4 rings (SSSR count). The highest BCUT2D eigenvalue weighted by atomic mass is 32.2. The van der Waals surface area contributed by atoms with Crippen molar-refractivity contribution >= 4 is 21.6 Å². The van der Waals surface area contributed by atoms with Gasteiger partial charge in [-0.2, -0.15) is 0 Å². The van der Waals surface area contributed by atoms with Crippen molar-refractivity contribution in [3.63, 3.8) is 0 Å². The zero-order valence-corrected chi connectivity index (χ0v) is 17.1. The van der Waals surface area contributed by atoms with Gasteiger partial charge in [-0.05, 0) is 80.3 Å². The monoisotopic (exact) mass is 416 g/mol. The van der Waals surface area contributed by atoms with Gasteiger partial charge in [-0.3, -0.25) is 9.52 Å². The van der Waals surface area contributed by atoms with Crippen LogP contribution in [0.5, 0.6) is 0 Å². The number of para-hydroxylation sites is 1. The first-order chi connectivity index (χ1) is 13.8. The summed E-state index contributed by atoms with van der Waals surface area (Å²) in [6.07, 6.45) is 4.96. The number of carbonyl (C=O) groups excluding carboxylic acids is 1. The highest BCUT2D eigenvalue weighted by Gasteiger charge is 2.42. The van der Waals surface area contributed by atoms with Gasteiger partial charge in [0.2, 0.25) is 0 Å². The lowest BCUT2D eigenvalue weighted by Crippen LogP contribution is -2.40. The molecule has 0 spiro atoms. The number of fused-ring (bicyclic) bond motifs is 2. The summed E-state index contributed by atoms with van der Waals surface area (Å²) in [5.41, 5.74) is 0.475. The average Bonchev–Trinajstić information content (AvgIpc) is 3.32. The van der Waals surface area contributed by atoms with Crippen molar-refractivity contribution in [3.05, 3.63) is 59.9 Å². The lowest BCUT2D eigenvalue weighted by Gasteiger charge is -2.28. The van der Waals surface area contributed by atoms with Crippen molar-refractivity contribution in [1.82, 2.24) is 5.32 Å². The fraction of sp³-hybridized carbons (Fsp3) is 0.409. The van der Waals surface area contributed by atoms with E-state index in [-0.39, 0.29) is 28.1 Å². The smallest absolute Gasteiger partial charge is 0.261 e. The molecule has 154 valence electrons. The summed E-state index contributed by atoms with van der Waals surface area (Å²) in [6, 6.07) is 11.1. The van der Waals surface area contributed by atoms with E-state index < -0.39 is 15.8 Å². The molecule has 1 amide bonds. The van der Waals surface area contributed by atoms with Gasteiger partial charge in [0.15, 0.2) is 0 Å². The molecule has 2 N–H and O–H groups in total. The van der Waals surface area contributed by atoms with Gasteiger partial charge in [0.25, 0.3) is 15.9 Å². The number of anilines is 1. The van der Waals surface area contributed by atoms with Crippen molar-refractivity contribution in [2.75, 3.05) is 4.72 Å². The molecule has 0 aromatic heterocycles. The molecule has 2 aliphatic carbocycles. The molecule has 7 heteroatoms. The normalized spacial score (nSPS) is 24.3. The first-order valence-corrected chi connectivity index (χ1v) is 11.5. The van der Waals surface area contributed by atoms with Crippen LogP contribution in [0.1, 0.15) is 43.0 Å². The number of carbonyl (C=O) groups is 1. The fourth-order valence-corrected chi connectivity index (χ4v) is 5.97. The van der Waals surface area contributed by atoms with Crippen molar-refractivity contribution < 1.29 is 17.6 Å². The predicted molar refractivity (Wildman–Crippen MR) is 110 cm³/mol. The molecular weight excluding hydrogens is 391 g/mol. The number of benzene rings is 2. The summed E-state index contributed by atoms with van der Waals surface area (Å²) in [4.78, 5) is 12.8. The number of amides is 1. The van der Waals surface area contributed by atoms with Gasteiger partial charge in [0.05, 0.1) is 16.1 Å². The number of rotatable bonds is 6. The molecule has 2 aromatic carbocycles. The lowest BCUT2D eigenvalue weighted by atomic mass is 9.84. The summed E-state index contributed by atoms with van der Waals surface area (Å²) < 4.78 is 40.9. The summed E-state index contributed by atoms with van der Waals surface area (Å²) >= 11 is 0. The molecule has 2 aliphatic rings. The van der Waals surface area contributed by atoms with Crippen LogP contribution in [0.4, 0.5) is 10.1 Å². The molecule has 0 aliphatic heterocycles. The quantitative estimate of drug-likeness (QED) is 0.742. The maximum Gasteiger partial charge on any atom is 0.261 e. The van der Waals surface area contributed by atoms with Crippen LogP contribution in [0.3, 0.4) is 0 Å². The third-order valence-electron chi connectivity index (χ3n) is 6.33. The highest BCUT2D eigenvalue weighted by Crippen LogP contribution is 2.49. The second kappa shape index (κ2) is 7.78. The number of sulfonamides is 1. The molecule has 2 fully saturated rings. The second-order valence-corrected chi connectivity index (χ2v) is 9.89. The van der Waals surface area contributed by atoms with Crippen LogP contribution < -0.4 is 10.0 Å². The third kappa shape index (κ3) is 4.15. The molecule has 0 unspecified atom stereocenters. The number of hydrogen-bond acceptors (Lipinski definition) is 3. The van der Waals surface area contributed by atoms with E-state index in [1.807, 2.05) is 6.92 Å². The SMILES string of the molecule is C[C@@H](NC(=O)c1ccccc1NS(=O)(=O)c1ccc(F)cc1)[C@@H]1C[C@@H]2CC[C@@H]1C2. The minimum absolute atomic E-state index is 0.0413. The Balaban J connectivity index is 1.50. The van der Waals surface area contributed by atoms with E-state index in [0.29, 0.717) is 11.8 Å². The molecule has 29 heavy (non-hydrogen) atoms. The van der Waals surface area contributed by atoms with Crippen LogP contribution in [0.15, 0.2) is 53.4 Å². The van der Waals surface area contributed by atoms with Gasteiger partial charge in [0, 0.05) is 6.04 Å². The zero-order chi connectivity index (χ0) is 20.6. The number of nitrogens with one attached hydrogen (secondary N) is 2.